The average Bonchev–Trinajstić information content (AvgIpc) is 2.96. The summed E-state index contributed by atoms with van der Waals surface area (Å²) in [4.78, 5) is 0. The maximum atomic E-state index is 4.99. The molecule has 2 heteroatoms. The molecule has 2 aromatic carbocycles. The summed E-state index contributed by atoms with van der Waals surface area (Å²) in [5.41, 5.74) is 3.99. The maximum absolute atomic E-state index is 4.99. The van der Waals surface area contributed by atoms with Crippen molar-refractivity contribution < 1.29 is 0 Å². The standard InChI is InChI=1S/C19H20N2/c1-3-9-15(10-4-1)19-17-13-7-8-14-18(17)20-21(19)16-11-5-2-6-12-16/h1-6,9-12,17,19H,7-8,13-14H2/t17-,19+/m1/s1. The van der Waals surface area contributed by atoms with Crippen LogP contribution in [0.4, 0.5) is 5.69 Å². The van der Waals surface area contributed by atoms with Crippen LogP contribution in [0.25, 0.3) is 0 Å². The summed E-state index contributed by atoms with van der Waals surface area (Å²) >= 11 is 0. The zero-order valence-corrected chi connectivity index (χ0v) is 12.2. The van der Waals surface area contributed by atoms with E-state index >= 15 is 0 Å². The number of rotatable bonds is 2. The second kappa shape index (κ2) is 5.36. The molecule has 0 aromatic heterocycles. The first-order valence-electron chi connectivity index (χ1n) is 7.90. The molecule has 0 N–H and O–H groups in total. The summed E-state index contributed by atoms with van der Waals surface area (Å²) in [6.07, 6.45) is 5.05. The lowest BCUT2D eigenvalue weighted by molar-refractivity contribution is 0.467. The predicted octanol–water partition coefficient (Wildman–Crippen LogP) is 4.79. The highest BCUT2D eigenvalue weighted by molar-refractivity contribution is 5.91. The fourth-order valence-electron chi connectivity index (χ4n) is 3.68. The lowest BCUT2D eigenvalue weighted by Crippen LogP contribution is -2.27. The van der Waals surface area contributed by atoms with Crippen molar-refractivity contribution in [1.82, 2.24) is 0 Å². The predicted molar refractivity (Wildman–Crippen MR) is 87.5 cm³/mol. The van der Waals surface area contributed by atoms with Crippen molar-refractivity contribution in [2.24, 2.45) is 11.0 Å². The van der Waals surface area contributed by atoms with Gasteiger partial charge in [-0.1, -0.05) is 55.0 Å². The minimum atomic E-state index is 0.365. The number of nitrogens with zero attached hydrogens (tertiary/aromatic N) is 2. The molecule has 106 valence electrons. The van der Waals surface area contributed by atoms with Gasteiger partial charge in [0.15, 0.2) is 0 Å². The van der Waals surface area contributed by atoms with Gasteiger partial charge in [0, 0.05) is 11.6 Å². The summed E-state index contributed by atoms with van der Waals surface area (Å²) < 4.78 is 0. The third kappa shape index (κ3) is 2.25. The number of anilines is 1. The van der Waals surface area contributed by atoms with Crippen molar-refractivity contribution in [3.8, 4) is 0 Å². The van der Waals surface area contributed by atoms with Gasteiger partial charge in [-0.25, -0.2) is 0 Å². The molecule has 0 amide bonds. The number of hydrogen-bond acceptors (Lipinski definition) is 2. The second-order valence-corrected chi connectivity index (χ2v) is 5.98. The molecule has 2 aromatic rings. The van der Waals surface area contributed by atoms with Crippen LogP contribution in [-0.2, 0) is 0 Å². The van der Waals surface area contributed by atoms with E-state index in [-0.39, 0.29) is 0 Å². The van der Waals surface area contributed by atoms with Crippen LogP contribution < -0.4 is 5.01 Å². The van der Waals surface area contributed by atoms with Gasteiger partial charge in [0.05, 0.1) is 11.7 Å². The van der Waals surface area contributed by atoms with Gasteiger partial charge in [-0.3, -0.25) is 5.01 Å². The number of para-hydroxylation sites is 1. The SMILES string of the molecule is c1ccc([C@H]2[C@@H]3CCCCC3=NN2c2ccccc2)cc1. The van der Waals surface area contributed by atoms with Crippen molar-refractivity contribution >= 4 is 11.4 Å². The molecule has 21 heavy (non-hydrogen) atoms. The third-order valence-electron chi connectivity index (χ3n) is 4.67. The van der Waals surface area contributed by atoms with Crippen LogP contribution in [0.1, 0.15) is 37.3 Å². The monoisotopic (exact) mass is 276 g/mol. The van der Waals surface area contributed by atoms with Crippen LogP contribution in [-0.4, -0.2) is 5.71 Å². The quantitative estimate of drug-likeness (QED) is 0.769. The summed E-state index contributed by atoms with van der Waals surface area (Å²) in [5.74, 6) is 0.585. The van der Waals surface area contributed by atoms with Gasteiger partial charge in [-0.05, 0) is 37.0 Å². The van der Waals surface area contributed by atoms with E-state index < -0.39 is 0 Å². The van der Waals surface area contributed by atoms with E-state index in [1.807, 2.05) is 0 Å². The molecule has 0 unspecified atom stereocenters. The molecule has 1 aliphatic heterocycles. The van der Waals surface area contributed by atoms with Crippen LogP contribution in [0.5, 0.6) is 0 Å². The molecule has 0 saturated heterocycles. The Labute approximate surface area is 126 Å². The molecule has 0 bridgehead atoms. The Balaban J connectivity index is 1.77. The molecule has 0 radical (unpaired) electrons. The zero-order valence-electron chi connectivity index (χ0n) is 12.2. The summed E-state index contributed by atoms with van der Waals surface area (Å²) in [6, 6.07) is 21.8. The number of hydrazone groups is 1. The molecule has 1 heterocycles. The number of fused-ring (bicyclic) bond motifs is 1. The molecule has 2 nitrogen and oxygen atoms in total. The molecule has 0 spiro atoms. The fraction of sp³-hybridized carbons (Fsp3) is 0.316. The Bertz CT molecular complexity index is 633. The summed E-state index contributed by atoms with van der Waals surface area (Å²) in [5, 5.41) is 7.24. The van der Waals surface area contributed by atoms with Gasteiger partial charge in [0.25, 0.3) is 0 Å². The van der Waals surface area contributed by atoms with Crippen LogP contribution in [0.15, 0.2) is 65.8 Å². The van der Waals surface area contributed by atoms with Gasteiger partial charge in [0.2, 0.25) is 0 Å². The fourth-order valence-corrected chi connectivity index (χ4v) is 3.68. The molecule has 2 aliphatic rings. The van der Waals surface area contributed by atoms with Crippen molar-refractivity contribution in [3.05, 3.63) is 66.2 Å². The minimum Gasteiger partial charge on any atom is -0.257 e. The largest absolute Gasteiger partial charge is 0.257 e. The smallest absolute Gasteiger partial charge is 0.0856 e. The average molecular weight is 276 g/mol. The topological polar surface area (TPSA) is 15.6 Å². The Hall–Kier alpha value is -2.09. The highest BCUT2D eigenvalue weighted by Crippen LogP contribution is 2.44. The van der Waals surface area contributed by atoms with Crippen LogP contribution in [0.2, 0.25) is 0 Å². The van der Waals surface area contributed by atoms with Gasteiger partial charge in [-0.2, -0.15) is 5.10 Å². The van der Waals surface area contributed by atoms with E-state index in [1.165, 1.54) is 36.2 Å². The van der Waals surface area contributed by atoms with E-state index in [1.54, 1.807) is 0 Å². The lowest BCUT2D eigenvalue weighted by atomic mass is 9.80. The van der Waals surface area contributed by atoms with Crippen molar-refractivity contribution in [2.75, 3.05) is 5.01 Å². The van der Waals surface area contributed by atoms with Crippen molar-refractivity contribution in [1.29, 1.82) is 0 Å². The number of hydrogen-bond donors (Lipinski definition) is 0. The Morgan fingerprint density at radius 2 is 1.57 bits per heavy atom. The molecule has 1 fully saturated rings. The maximum Gasteiger partial charge on any atom is 0.0856 e. The molecule has 4 rings (SSSR count). The van der Waals surface area contributed by atoms with Crippen molar-refractivity contribution in [3.63, 3.8) is 0 Å². The van der Waals surface area contributed by atoms with Crippen LogP contribution in [0, 0.1) is 5.92 Å². The minimum absolute atomic E-state index is 0.365. The van der Waals surface area contributed by atoms with E-state index in [0.29, 0.717) is 12.0 Å². The molecular formula is C19H20N2. The third-order valence-corrected chi connectivity index (χ3v) is 4.67. The first kappa shape index (κ1) is 12.6. The number of benzene rings is 2. The molecular weight excluding hydrogens is 256 g/mol. The first-order chi connectivity index (χ1) is 10.4. The lowest BCUT2D eigenvalue weighted by Gasteiger charge is -2.30. The molecule has 2 atom stereocenters. The van der Waals surface area contributed by atoms with Crippen LogP contribution in [0.3, 0.4) is 0 Å². The van der Waals surface area contributed by atoms with Gasteiger partial charge < -0.3 is 0 Å². The Kier molecular flexibility index (Phi) is 3.23. The summed E-state index contributed by atoms with van der Waals surface area (Å²) in [6.45, 7) is 0. The van der Waals surface area contributed by atoms with E-state index in [9.17, 15) is 0 Å². The Morgan fingerprint density at radius 3 is 2.33 bits per heavy atom. The van der Waals surface area contributed by atoms with E-state index in [2.05, 4.69) is 65.7 Å². The van der Waals surface area contributed by atoms with Crippen LogP contribution >= 0.6 is 0 Å². The normalized spacial score (nSPS) is 24.6. The second-order valence-electron chi connectivity index (χ2n) is 5.98. The van der Waals surface area contributed by atoms with E-state index in [0.717, 1.165) is 6.42 Å². The summed E-state index contributed by atoms with van der Waals surface area (Å²) in [7, 11) is 0. The first-order valence-corrected chi connectivity index (χ1v) is 7.90. The highest BCUT2D eigenvalue weighted by atomic mass is 15.5. The molecule has 1 saturated carbocycles. The highest BCUT2D eigenvalue weighted by Gasteiger charge is 2.39. The Morgan fingerprint density at radius 1 is 0.857 bits per heavy atom. The van der Waals surface area contributed by atoms with Crippen molar-refractivity contribution in [2.45, 2.75) is 31.7 Å². The van der Waals surface area contributed by atoms with E-state index in [4.69, 9.17) is 5.10 Å². The van der Waals surface area contributed by atoms with Gasteiger partial charge >= 0.3 is 0 Å². The zero-order chi connectivity index (χ0) is 14.1. The van der Waals surface area contributed by atoms with Gasteiger partial charge in [-0.15, -0.1) is 0 Å². The molecule has 1 aliphatic carbocycles. The van der Waals surface area contributed by atoms with Gasteiger partial charge in [0.1, 0.15) is 0 Å².